The first-order chi connectivity index (χ1) is 20.7. The second kappa shape index (κ2) is 12.5. The van der Waals surface area contributed by atoms with Gasteiger partial charge in [-0.1, -0.05) is 85.0 Å². The van der Waals surface area contributed by atoms with Crippen molar-refractivity contribution in [2.75, 3.05) is 13.2 Å². The van der Waals surface area contributed by atoms with E-state index in [0.29, 0.717) is 13.2 Å². The zero-order valence-corrected chi connectivity index (χ0v) is 23.8. The molecule has 6 rings (SSSR count). The van der Waals surface area contributed by atoms with Crippen molar-refractivity contribution in [2.24, 2.45) is 0 Å². The molecule has 4 heteroatoms. The minimum atomic E-state index is 0.614. The van der Waals surface area contributed by atoms with Gasteiger partial charge in [0, 0.05) is 23.5 Å². The molecule has 0 aliphatic carbocycles. The maximum Gasteiger partial charge on any atom is 0.127 e. The molecule has 6 aromatic rings. The molecule has 0 bridgehead atoms. The van der Waals surface area contributed by atoms with Crippen LogP contribution >= 0.6 is 0 Å². The molecule has 0 radical (unpaired) electrons. The van der Waals surface area contributed by atoms with Crippen LogP contribution in [-0.2, 0) is 0 Å². The van der Waals surface area contributed by atoms with Crippen LogP contribution in [-0.4, -0.2) is 23.2 Å². The Morgan fingerprint density at radius 3 is 1.43 bits per heavy atom. The van der Waals surface area contributed by atoms with E-state index >= 15 is 0 Å². The molecule has 2 heterocycles. The number of rotatable bonds is 9. The Kier molecular flexibility index (Phi) is 8.05. The van der Waals surface area contributed by atoms with Crippen LogP contribution in [0.2, 0.25) is 0 Å². The highest BCUT2D eigenvalue weighted by atomic mass is 16.5. The van der Waals surface area contributed by atoms with Crippen molar-refractivity contribution < 1.29 is 9.47 Å². The van der Waals surface area contributed by atoms with Gasteiger partial charge >= 0.3 is 0 Å². The van der Waals surface area contributed by atoms with Gasteiger partial charge in [-0.3, -0.25) is 9.97 Å². The number of pyridine rings is 2. The van der Waals surface area contributed by atoms with Crippen LogP contribution in [0, 0.1) is 0 Å². The lowest BCUT2D eigenvalue weighted by Crippen LogP contribution is -1.94. The number of ether oxygens (including phenoxy) is 2. The van der Waals surface area contributed by atoms with E-state index in [4.69, 9.17) is 9.47 Å². The van der Waals surface area contributed by atoms with Crippen LogP contribution in [0.25, 0.3) is 57.2 Å². The lowest BCUT2D eigenvalue weighted by atomic mass is 10.0. The molecule has 42 heavy (non-hydrogen) atoms. The second-order valence-corrected chi connectivity index (χ2v) is 9.88. The van der Waals surface area contributed by atoms with E-state index in [2.05, 4.69) is 107 Å². The number of nitrogens with zero attached hydrogens (tertiary/aromatic N) is 2. The molecule has 0 aliphatic rings. The molecule has 0 saturated heterocycles. The van der Waals surface area contributed by atoms with Crippen LogP contribution in [0.15, 0.2) is 109 Å². The third kappa shape index (κ3) is 5.79. The first-order valence-corrected chi connectivity index (χ1v) is 14.3. The van der Waals surface area contributed by atoms with E-state index in [0.717, 1.165) is 55.9 Å². The highest BCUT2D eigenvalue weighted by Crippen LogP contribution is 2.32. The summed E-state index contributed by atoms with van der Waals surface area (Å²) in [5, 5.41) is 4.69. The van der Waals surface area contributed by atoms with Gasteiger partial charge in [0.2, 0.25) is 0 Å². The van der Waals surface area contributed by atoms with Crippen LogP contribution < -0.4 is 9.47 Å². The molecule has 0 atom stereocenters. The van der Waals surface area contributed by atoms with Crippen molar-refractivity contribution in [1.82, 2.24) is 9.97 Å². The quantitative estimate of drug-likeness (QED) is 0.180. The van der Waals surface area contributed by atoms with E-state index in [9.17, 15) is 0 Å². The van der Waals surface area contributed by atoms with Crippen molar-refractivity contribution in [2.45, 2.75) is 13.8 Å². The van der Waals surface area contributed by atoms with Crippen molar-refractivity contribution in [3.63, 3.8) is 0 Å². The van der Waals surface area contributed by atoms with Gasteiger partial charge in [0.25, 0.3) is 0 Å². The van der Waals surface area contributed by atoms with Gasteiger partial charge in [0.1, 0.15) is 11.5 Å². The summed E-state index contributed by atoms with van der Waals surface area (Å²) in [7, 11) is 0. The first-order valence-electron chi connectivity index (χ1n) is 14.3. The molecule has 206 valence electrons. The molecule has 0 N–H and O–H groups in total. The van der Waals surface area contributed by atoms with E-state index in [1.807, 2.05) is 50.5 Å². The Hall–Kier alpha value is -5.22. The third-order valence-corrected chi connectivity index (χ3v) is 7.18. The highest BCUT2D eigenvalue weighted by Gasteiger charge is 2.08. The fourth-order valence-electron chi connectivity index (χ4n) is 5.20. The predicted octanol–water partition coefficient (Wildman–Crippen LogP) is 9.59. The number of benzene rings is 4. The maximum absolute atomic E-state index is 5.95. The summed E-state index contributed by atoms with van der Waals surface area (Å²) in [6.07, 6.45) is 12.1. The zero-order chi connectivity index (χ0) is 28.7. The van der Waals surface area contributed by atoms with Crippen LogP contribution in [0.3, 0.4) is 0 Å². The van der Waals surface area contributed by atoms with Gasteiger partial charge in [0.05, 0.1) is 24.6 Å². The topological polar surface area (TPSA) is 44.2 Å². The second-order valence-electron chi connectivity index (χ2n) is 9.88. The Bertz CT molecular complexity index is 1780. The first kappa shape index (κ1) is 27.0. The minimum absolute atomic E-state index is 0.614. The van der Waals surface area contributed by atoms with E-state index in [1.165, 1.54) is 10.8 Å². The number of hydrogen-bond donors (Lipinski definition) is 0. The third-order valence-electron chi connectivity index (χ3n) is 7.18. The SMILES string of the molecule is CCOc1ccc2ccccc2c1/C=C/c1ccnc(-c2cc(/C=C/c3c(OCC)ccc4ccccc34)ccn2)c1. The molecule has 0 unspecified atom stereocenters. The summed E-state index contributed by atoms with van der Waals surface area (Å²) in [6.45, 7) is 5.24. The smallest absolute Gasteiger partial charge is 0.127 e. The molecule has 4 nitrogen and oxygen atoms in total. The van der Waals surface area contributed by atoms with Crippen LogP contribution in [0.4, 0.5) is 0 Å². The highest BCUT2D eigenvalue weighted by molar-refractivity contribution is 5.96. The van der Waals surface area contributed by atoms with Gasteiger partial charge in [-0.25, -0.2) is 0 Å². The summed E-state index contributed by atoms with van der Waals surface area (Å²) >= 11 is 0. The molecule has 0 fully saturated rings. The molecule has 2 aromatic heterocycles. The van der Waals surface area contributed by atoms with E-state index in [1.54, 1.807) is 0 Å². The molecular formula is C38H32N2O2. The lowest BCUT2D eigenvalue weighted by Gasteiger charge is -2.11. The Balaban J connectivity index is 1.30. The maximum atomic E-state index is 5.95. The summed E-state index contributed by atoms with van der Waals surface area (Å²) < 4.78 is 11.9. The fraction of sp³-hybridized carbons (Fsp3) is 0.105. The lowest BCUT2D eigenvalue weighted by molar-refractivity contribution is 0.340. The average Bonchev–Trinajstić information content (AvgIpc) is 3.04. The monoisotopic (exact) mass is 548 g/mol. The molecule has 0 saturated carbocycles. The standard InChI is InChI=1S/C38H32N2O2/c1-3-41-37-19-15-29-9-5-7-11-31(29)33(37)17-13-27-21-23-39-35(25-27)36-26-28(22-24-40-36)14-18-34-32-12-8-6-10-30(32)16-20-38(34)42-4-2/h5-26H,3-4H2,1-2H3/b17-13+,18-14+. The summed E-state index contributed by atoms with van der Waals surface area (Å²) in [6, 6.07) is 33.2. The number of aromatic nitrogens is 2. The van der Waals surface area contributed by atoms with Crippen molar-refractivity contribution in [1.29, 1.82) is 0 Å². The number of fused-ring (bicyclic) bond motifs is 2. The Morgan fingerprint density at radius 2 is 0.976 bits per heavy atom. The Labute approximate surface area is 246 Å². The summed E-state index contributed by atoms with van der Waals surface area (Å²) in [5.74, 6) is 1.75. The van der Waals surface area contributed by atoms with Gasteiger partial charge in [0.15, 0.2) is 0 Å². The predicted molar refractivity (Wildman–Crippen MR) is 176 cm³/mol. The molecule has 0 amide bonds. The van der Waals surface area contributed by atoms with Gasteiger partial charge in [-0.2, -0.15) is 0 Å². The zero-order valence-electron chi connectivity index (χ0n) is 23.8. The van der Waals surface area contributed by atoms with Gasteiger partial charge in [-0.05, 0) is 82.9 Å². The van der Waals surface area contributed by atoms with Gasteiger partial charge < -0.3 is 9.47 Å². The average molecular weight is 549 g/mol. The van der Waals surface area contributed by atoms with Gasteiger partial charge in [-0.15, -0.1) is 0 Å². The molecular weight excluding hydrogens is 516 g/mol. The fourth-order valence-corrected chi connectivity index (χ4v) is 5.20. The van der Waals surface area contributed by atoms with E-state index in [-0.39, 0.29) is 0 Å². The summed E-state index contributed by atoms with van der Waals surface area (Å²) in [4.78, 5) is 9.27. The Morgan fingerprint density at radius 1 is 0.524 bits per heavy atom. The minimum Gasteiger partial charge on any atom is -0.493 e. The van der Waals surface area contributed by atoms with Crippen molar-refractivity contribution >= 4 is 45.8 Å². The van der Waals surface area contributed by atoms with Crippen LogP contribution in [0.5, 0.6) is 11.5 Å². The van der Waals surface area contributed by atoms with E-state index < -0.39 is 0 Å². The normalized spacial score (nSPS) is 11.6. The molecule has 0 aliphatic heterocycles. The summed E-state index contributed by atoms with van der Waals surface area (Å²) in [5.41, 5.74) is 5.84. The molecule has 0 spiro atoms. The largest absolute Gasteiger partial charge is 0.493 e. The van der Waals surface area contributed by atoms with Crippen LogP contribution in [0.1, 0.15) is 36.1 Å². The molecule has 4 aromatic carbocycles. The van der Waals surface area contributed by atoms with Crippen molar-refractivity contribution in [3.05, 3.63) is 132 Å². The van der Waals surface area contributed by atoms with Crippen molar-refractivity contribution in [3.8, 4) is 22.9 Å². The number of hydrogen-bond acceptors (Lipinski definition) is 4.